The molecular formula is C26H28N4O3S. The monoisotopic (exact) mass is 476 g/mol. The first-order chi connectivity index (χ1) is 16.5. The molecule has 0 aliphatic carbocycles. The molecule has 176 valence electrons. The lowest BCUT2D eigenvalue weighted by Gasteiger charge is -2.08. The summed E-state index contributed by atoms with van der Waals surface area (Å²) >= 11 is 5.34. The Balaban J connectivity index is 1.16. The molecule has 0 saturated heterocycles. The second-order valence-corrected chi connectivity index (χ2v) is 8.74. The van der Waals surface area contributed by atoms with Crippen LogP contribution in [0.4, 0.5) is 0 Å². The van der Waals surface area contributed by atoms with Crippen molar-refractivity contribution in [1.82, 2.24) is 19.9 Å². The Morgan fingerprint density at radius 1 is 1.12 bits per heavy atom. The van der Waals surface area contributed by atoms with E-state index in [0.29, 0.717) is 42.0 Å². The Hall–Kier alpha value is -3.52. The summed E-state index contributed by atoms with van der Waals surface area (Å²) in [6.07, 6.45) is 5.08. The highest BCUT2D eigenvalue weighted by atomic mass is 32.1. The fourth-order valence-electron chi connectivity index (χ4n) is 3.80. The number of aryl methyl sites for hydroxylation is 1. The van der Waals surface area contributed by atoms with E-state index in [-0.39, 0.29) is 11.5 Å². The van der Waals surface area contributed by atoms with Gasteiger partial charge in [0, 0.05) is 31.5 Å². The Labute approximate surface area is 202 Å². The fourth-order valence-corrected chi connectivity index (χ4v) is 4.09. The van der Waals surface area contributed by atoms with Crippen molar-refractivity contribution in [3.05, 3.63) is 81.2 Å². The lowest BCUT2D eigenvalue weighted by Crippen LogP contribution is -2.25. The predicted octanol–water partition coefficient (Wildman–Crippen LogP) is 4.94. The zero-order valence-electron chi connectivity index (χ0n) is 19.2. The van der Waals surface area contributed by atoms with Crippen molar-refractivity contribution >= 4 is 29.0 Å². The van der Waals surface area contributed by atoms with E-state index in [1.54, 1.807) is 16.9 Å². The van der Waals surface area contributed by atoms with Crippen LogP contribution in [0.3, 0.4) is 0 Å². The van der Waals surface area contributed by atoms with Gasteiger partial charge in [0.05, 0.1) is 16.6 Å². The van der Waals surface area contributed by atoms with Crippen LogP contribution in [0.5, 0.6) is 0 Å². The highest BCUT2D eigenvalue weighted by Crippen LogP contribution is 2.19. The predicted molar refractivity (Wildman–Crippen MR) is 135 cm³/mol. The van der Waals surface area contributed by atoms with Crippen molar-refractivity contribution in [2.45, 2.75) is 45.6 Å². The van der Waals surface area contributed by atoms with Crippen LogP contribution in [-0.4, -0.2) is 27.0 Å². The Morgan fingerprint density at radius 2 is 1.91 bits per heavy atom. The smallest absolute Gasteiger partial charge is 0.262 e. The molecule has 0 aliphatic heterocycles. The van der Waals surface area contributed by atoms with E-state index in [2.05, 4.69) is 15.3 Å². The summed E-state index contributed by atoms with van der Waals surface area (Å²) in [6.45, 7) is 3.09. The summed E-state index contributed by atoms with van der Waals surface area (Å²) in [6, 6.07) is 15.4. The SMILES string of the molecule is Cc1ccc(-c2nc(CCNC(=O)CCCCCn3c(=S)[nH]c4ccccc4c3=O)co2)cc1. The zero-order chi connectivity index (χ0) is 23.9. The van der Waals surface area contributed by atoms with E-state index in [1.807, 2.05) is 49.4 Å². The number of carbonyl (C=O) groups is 1. The molecule has 0 fully saturated rings. The Bertz CT molecular complexity index is 1390. The minimum atomic E-state index is -0.0736. The molecule has 0 spiro atoms. The lowest BCUT2D eigenvalue weighted by atomic mass is 10.1. The number of oxazole rings is 1. The van der Waals surface area contributed by atoms with Crippen LogP contribution in [-0.2, 0) is 17.8 Å². The summed E-state index contributed by atoms with van der Waals surface area (Å²) in [5.41, 5.74) is 3.61. The molecule has 8 heteroatoms. The summed E-state index contributed by atoms with van der Waals surface area (Å²) in [5, 5.41) is 3.57. The number of nitrogens with one attached hydrogen (secondary N) is 2. The van der Waals surface area contributed by atoms with Gasteiger partial charge in [-0.15, -0.1) is 0 Å². The third-order valence-corrected chi connectivity index (χ3v) is 6.05. The van der Waals surface area contributed by atoms with E-state index in [1.165, 1.54) is 5.56 Å². The molecule has 2 N–H and O–H groups in total. The number of amides is 1. The van der Waals surface area contributed by atoms with E-state index >= 15 is 0 Å². The Kier molecular flexibility index (Phi) is 7.69. The quantitative estimate of drug-likeness (QED) is 0.250. The number of aromatic amines is 1. The van der Waals surface area contributed by atoms with Gasteiger partial charge in [-0.05, 0) is 56.2 Å². The second kappa shape index (κ2) is 11.1. The van der Waals surface area contributed by atoms with Crippen LogP contribution in [0, 0.1) is 11.7 Å². The van der Waals surface area contributed by atoms with Gasteiger partial charge in [-0.1, -0.05) is 36.2 Å². The molecule has 2 heterocycles. The van der Waals surface area contributed by atoms with E-state index < -0.39 is 0 Å². The molecule has 0 aliphatic rings. The van der Waals surface area contributed by atoms with Gasteiger partial charge >= 0.3 is 0 Å². The van der Waals surface area contributed by atoms with Crippen molar-refractivity contribution in [3.63, 3.8) is 0 Å². The van der Waals surface area contributed by atoms with Crippen LogP contribution in [0.2, 0.25) is 0 Å². The third kappa shape index (κ3) is 5.88. The van der Waals surface area contributed by atoms with E-state index in [9.17, 15) is 9.59 Å². The van der Waals surface area contributed by atoms with Crippen LogP contribution < -0.4 is 10.9 Å². The maximum absolute atomic E-state index is 12.7. The number of fused-ring (bicyclic) bond motifs is 1. The van der Waals surface area contributed by atoms with Gasteiger partial charge in [0.25, 0.3) is 5.56 Å². The fraction of sp³-hybridized carbons (Fsp3) is 0.308. The number of benzene rings is 2. The molecule has 0 unspecified atom stereocenters. The number of H-pyrrole nitrogens is 1. The van der Waals surface area contributed by atoms with Gasteiger partial charge in [-0.25, -0.2) is 4.98 Å². The molecule has 0 atom stereocenters. The molecule has 0 radical (unpaired) electrons. The van der Waals surface area contributed by atoms with Gasteiger partial charge in [0.2, 0.25) is 11.8 Å². The summed E-state index contributed by atoms with van der Waals surface area (Å²) in [4.78, 5) is 32.4. The molecule has 1 amide bonds. The topological polar surface area (TPSA) is 92.9 Å². The number of aromatic nitrogens is 3. The van der Waals surface area contributed by atoms with Crippen LogP contribution >= 0.6 is 12.2 Å². The Morgan fingerprint density at radius 3 is 2.74 bits per heavy atom. The van der Waals surface area contributed by atoms with Crippen molar-refractivity contribution < 1.29 is 9.21 Å². The number of carbonyl (C=O) groups excluding carboxylic acids is 1. The van der Waals surface area contributed by atoms with Gasteiger partial charge in [0.1, 0.15) is 6.26 Å². The molecule has 4 aromatic rings. The van der Waals surface area contributed by atoms with E-state index in [0.717, 1.165) is 36.0 Å². The number of hydrogen-bond donors (Lipinski definition) is 2. The zero-order valence-corrected chi connectivity index (χ0v) is 20.0. The largest absolute Gasteiger partial charge is 0.444 e. The number of unbranched alkanes of at least 4 members (excludes halogenated alkanes) is 2. The molecule has 34 heavy (non-hydrogen) atoms. The average molecular weight is 477 g/mol. The maximum Gasteiger partial charge on any atom is 0.262 e. The van der Waals surface area contributed by atoms with Crippen LogP contribution in [0.15, 0.2) is 64.0 Å². The molecule has 0 saturated carbocycles. The summed E-state index contributed by atoms with van der Waals surface area (Å²) in [7, 11) is 0. The van der Waals surface area contributed by atoms with E-state index in [4.69, 9.17) is 16.6 Å². The minimum absolute atomic E-state index is 0.0161. The number of para-hydroxylation sites is 1. The van der Waals surface area contributed by atoms with Gasteiger partial charge in [-0.3, -0.25) is 14.2 Å². The highest BCUT2D eigenvalue weighted by molar-refractivity contribution is 7.71. The molecular weight excluding hydrogens is 448 g/mol. The third-order valence-electron chi connectivity index (χ3n) is 5.73. The first-order valence-electron chi connectivity index (χ1n) is 11.5. The standard InChI is InChI=1S/C26H28N4O3S/c1-18-10-12-19(13-11-18)24-28-20(17-33-24)14-15-27-23(31)9-3-2-6-16-30-25(32)21-7-4-5-8-22(21)29-26(30)34/h4-5,7-8,10-13,17H,2-3,6,9,14-16H2,1H3,(H,27,31)(H,29,34). The van der Waals surface area contributed by atoms with Gasteiger partial charge < -0.3 is 14.7 Å². The minimum Gasteiger partial charge on any atom is -0.444 e. The first-order valence-corrected chi connectivity index (χ1v) is 11.9. The number of rotatable bonds is 10. The molecule has 0 bridgehead atoms. The molecule has 2 aromatic heterocycles. The summed E-state index contributed by atoms with van der Waals surface area (Å²) in [5.74, 6) is 0.606. The normalized spacial score (nSPS) is 11.1. The van der Waals surface area contributed by atoms with Crippen LogP contribution in [0.25, 0.3) is 22.4 Å². The molecule has 4 rings (SSSR count). The van der Waals surface area contributed by atoms with Crippen molar-refractivity contribution in [2.75, 3.05) is 6.54 Å². The van der Waals surface area contributed by atoms with Crippen LogP contribution in [0.1, 0.15) is 36.9 Å². The number of nitrogens with zero attached hydrogens (tertiary/aromatic N) is 2. The first kappa shape index (κ1) is 23.6. The summed E-state index contributed by atoms with van der Waals surface area (Å²) < 4.78 is 7.59. The van der Waals surface area contributed by atoms with Gasteiger partial charge in [0.15, 0.2) is 4.77 Å². The highest BCUT2D eigenvalue weighted by Gasteiger charge is 2.08. The average Bonchev–Trinajstić information content (AvgIpc) is 3.30. The van der Waals surface area contributed by atoms with Crippen molar-refractivity contribution in [1.29, 1.82) is 0 Å². The second-order valence-electron chi connectivity index (χ2n) is 8.35. The van der Waals surface area contributed by atoms with Crippen molar-refractivity contribution in [3.8, 4) is 11.5 Å². The lowest BCUT2D eigenvalue weighted by molar-refractivity contribution is -0.121. The molecule has 7 nitrogen and oxygen atoms in total. The number of hydrogen-bond acceptors (Lipinski definition) is 5. The van der Waals surface area contributed by atoms with Crippen molar-refractivity contribution in [2.24, 2.45) is 0 Å². The van der Waals surface area contributed by atoms with Gasteiger partial charge in [-0.2, -0.15) is 0 Å². The molecule has 2 aromatic carbocycles. The maximum atomic E-state index is 12.7.